The second-order valence-corrected chi connectivity index (χ2v) is 4.52. The molecule has 1 saturated carbocycles. The highest BCUT2D eigenvalue weighted by Crippen LogP contribution is 2.41. The second-order valence-electron chi connectivity index (χ2n) is 4.52. The van der Waals surface area contributed by atoms with Gasteiger partial charge in [0.25, 0.3) is 0 Å². The number of methoxy groups -OCH3 is 3. The number of hydrogen-bond donors (Lipinski definition) is 2. The maximum atomic E-state index is 12.0. The molecule has 0 heterocycles. The SMILES string of the molecule is COc1cc(OC)c(NC(=O)C2(N)CC2)c(OC)c1. The first-order chi connectivity index (χ1) is 9.04. The Morgan fingerprint density at radius 1 is 1.16 bits per heavy atom. The first-order valence-electron chi connectivity index (χ1n) is 5.94. The van der Waals surface area contributed by atoms with Crippen molar-refractivity contribution in [3.05, 3.63) is 12.1 Å². The number of carbonyl (C=O) groups excluding carboxylic acids is 1. The van der Waals surface area contributed by atoms with Gasteiger partial charge in [-0.05, 0) is 12.8 Å². The van der Waals surface area contributed by atoms with E-state index in [9.17, 15) is 4.79 Å². The normalized spacial score (nSPS) is 15.6. The standard InChI is InChI=1S/C13H18N2O4/c1-17-8-6-9(18-2)11(10(7-8)19-3)15-12(16)13(14)4-5-13/h6-7H,4-5,14H2,1-3H3,(H,15,16). The molecule has 1 amide bonds. The molecule has 1 aromatic rings. The fourth-order valence-corrected chi connectivity index (χ4v) is 1.73. The lowest BCUT2D eigenvalue weighted by atomic mass is 10.2. The van der Waals surface area contributed by atoms with Crippen LogP contribution in [0.3, 0.4) is 0 Å². The highest BCUT2D eigenvalue weighted by molar-refractivity contribution is 6.02. The molecule has 0 aromatic heterocycles. The van der Waals surface area contributed by atoms with Crippen LogP contribution in [0.2, 0.25) is 0 Å². The van der Waals surface area contributed by atoms with Gasteiger partial charge in [0.15, 0.2) is 0 Å². The molecule has 104 valence electrons. The lowest BCUT2D eigenvalue weighted by molar-refractivity contribution is -0.118. The number of anilines is 1. The number of hydrogen-bond acceptors (Lipinski definition) is 5. The van der Waals surface area contributed by atoms with Crippen molar-refractivity contribution in [2.75, 3.05) is 26.6 Å². The van der Waals surface area contributed by atoms with Crippen molar-refractivity contribution >= 4 is 11.6 Å². The van der Waals surface area contributed by atoms with Crippen molar-refractivity contribution in [3.8, 4) is 17.2 Å². The molecule has 6 nitrogen and oxygen atoms in total. The largest absolute Gasteiger partial charge is 0.496 e. The smallest absolute Gasteiger partial charge is 0.244 e. The Balaban J connectivity index is 2.34. The van der Waals surface area contributed by atoms with Gasteiger partial charge in [0.2, 0.25) is 5.91 Å². The third kappa shape index (κ3) is 2.58. The van der Waals surface area contributed by atoms with Crippen LogP contribution < -0.4 is 25.3 Å². The zero-order valence-electron chi connectivity index (χ0n) is 11.3. The van der Waals surface area contributed by atoms with E-state index in [2.05, 4.69) is 5.32 Å². The van der Waals surface area contributed by atoms with Crippen LogP contribution in [-0.2, 0) is 4.79 Å². The monoisotopic (exact) mass is 266 g/mol. The van der Waals surface area contributed by atoms with Crippen LogP contribution in [0.4, 0.5) is 5.69 Å². The molecule has 0 radical (unpaired) electrons. The van der Waals surface area contributed by atoms with Crippen LogP contribution in [0, 0.1) is 0 Å². The van der Waals surface area contributed by atoms with Gasteiger partial charge in [0.05, 0.1) is 26.9 Å². The van der Waals surface area contributed by atoms with Crippen LogP contribution in [0.15, 0.2) is 12.1 Å². The molecule has 19 heavy (non-hydrogen) atoms. The van der Waals surface area contributed by atoms with Gasteiger partial charge < -0.3 is 25.3 Å². The quantitative estimate of drug-likeness (QED) is 0.835. The molecule has 0 bridgehead atoms. The topological polar surface area (TPSA) is 82.8 Å². The van der Waals surface area contributed by atoms with E-state index in [1.54, 1.807) is 19.2 Å². The van der Waals surface area contributed by atoms with Crippen molar-refractivity contribution in [2.45, 2.75) is 18.4 Å². The Morgan fingerprint density at radius 2 is 1.68 bits per heavy atom. The van der Waals surface area contributed by atoms with Crippen molar-refractivity contribution in [1.29, 1.82) is 0 Å². The third-order valence-electron chi connectivity index (χ3n) is 3.19. The van der Waals surface area contributed by atoms with Gasteiger partial charge in [-0.1, -0.05) is 0 Å². The van der Waals surface area contributed by atoms with E-state index in [-0.39, 0.29) is 5.91 Å². The molecule has 1 fully saturated rings. The van der Waals surface area contributed by atoms with Crippen LogP contribution in [-0.4, -0.2) is 32.8 Å². The molecular weight excluding hydrogens is 248 g/mol. The lowest BCUT2D eigenvalue weighted by Crippen LogP contribution is -2.38. The summed E-state index contributed by atoms with van der Waals surface area (Å²) in [5, 5.41) is 2.77. The Bertz CT molecular complexity index is 472. The summed E-state index contributed by atoms with van der Waals surface area (Å²) < 4.78 is 15.6. The van der Waals surface area contributed by atoms with E-state index in [1.807, 2.05) is 0 Å². The van der Waals surface area contributed by atoms with E-state index >= 15 is 0 Å². The molecule has 0 saturated heterocycles. The van der Waals surface area contributed by atoms with Crippen molar-refractivity contribution in [2.24, 2.45) is 5.73 Å². The number of ether oxygens (including phenoxy) is 3. The molecule has 6 heteroatoms. The number of carbonyl (C=O) groups is 1. The summed E-state index contributed by atoms with van der Waals surface area (Å²) in [7, 11) is 4.57. The van der Waals surface area contributed by atoms with Gasteiger partial charge in [-0.25, -0.2) is 0 Å². The Kier molecular flexibility index (Phi) is 3.53. The van der Waals surface area contributed by atoms with Gasteiger partial charge >= 0.3 is 0 Å². The summed E-state index contributed by atoms with van der Waals surface area (Å²) in [6.07, 6.45) is 1.39. The Hall–Kier alpha value is -1.95. The molecule has 3 N–H and O–H groups in total. The Morgan fingerprint density at radius 3 is 2.05 bits per heavy atom. The summed E-state index contributed by atoms with van der Waals surface area (Å²) in [5.41, 5.74) is 5.57. The number of benzene rings is 1. The number of amides is 1. The fraction of sp³-hybridized carbons (Fsp3) is 0.462. The third-order valence-corrected chi connectivity index (χ3v) is 3.19. The minimum absolute atomic E-state index is 0.228. The van der Waals surface area contributed by atoms with E-state index in [0.717, 1.165) is 0 Å². The van der Waals surface area contributed by atoms with E-state index in [1.165, 1.54) is 14.2 Å². The van der Waals surface area contributed by atoms with Crippen molar-refractivity contribution in [3.63, 3.8) is 0 Å². The van der Waals surface area contributed by atoms with E-state index in [4.69, 9.17) is 19.9 Å². The molecule has 0 spiro atoms. The summed E-state index contributed by atoms with van der Waals surface area (Å²) in [4.78, 5) is 12.0. The van der Waals surface area contributed by atoms with Gasteiger partial charge in [-0.3, -0.25) is 4.79 Å². The van der Waals surface area contributed by atoms with Crippen LogP contribution in [0.25, 0.3) is 0 Å². The molecule has 2 rings (SSSR count). The zero-order chi connectivity index (χ0) is 14.0. The fourth-order valence-electron chi connectivity index (χ4n) is 1.73. The number of rotatable bonds is 5. The predicted molar refractivity (Wildman–Crippen MR) is 70.9 cm³/mol. The highest BCUT2D eigenvalue weighted by Gasteiger charge is 2.46. The summed E-state index contributed by atoms with van der Waals surface area (Å²) in [6, 6.07) is 3.35. The molecular formula is C13H18N2O4. The first kappa shape index (κ1) is 13.5. The molecule has 0 atom stereocenters. The average Bonchev–Trinajstić information content (AvgIpc) is 3.18. The van der Waals surface area contributed by atoms with Crippen LogP contribution in [0.5, 0.6) is 17.2 Å². The molecule has 0 unspecified atom stereocenters. The van der Waals surface area contributed by atoms with E-state index < -0.39 is 5.54 Å². The van der Waals surface area contributed by atoms with Crippen LogP contribution in [0.1, 0.15) is 12.8 Å². The Labute approximate surface area is 111 Å². The maximum Gasteiger partial charge on any atom is 0.244 e. The molecule has 1 aromatic carbocycles. The zero-order valence-corrected chi connectivity index (χ0v) is 11.3. The maximum absolute atomic E-state index is 12.0. The summed E-state index contributed by atoms with van der Waals surface area (Å²) in [6.45, 7) is 0. The van der Waals surface area contributed by atoms with Crippen molar-refractivity contribution < 1.29 is 19.0 Å². The molecule has 1 aliphatic rings. The van der Waals surface area contributed by atoms with Crippen molar-refractivity contribution in [1.82, 2.24) is 0 Å². The lowest BCUT2D eigenvalue weighted by Gasteiger charge is -2.17. The van der Waals surface area contributed by atoms with E-state index in [0.29, 0.717) is 35.8 Å². The van der Waals surface area contributed by atoms with Gasteiger partial charge in [0, 0.05) is 12.1 Å². The van der Waals surface area contributed by atoms with Gasteiger partial charge in [-0.15, -0.1) is 0 Å². The minimum atomic E-state index is -0.754. The minimum Gasteiger partial charge on any atom is -0.496 e. The summed E-state index contributed by atoms with van der Waals surface area (Å²) >= 11 is 0. The highest BCUT2D eigenvalue weighted by atomic mass is 16.5. The average molecular weight is 266 g/mol. The number of nitrogens with two attached hydrogens (primary N) is 1. The van der Waals surface area contributed by atoms with Gasteiger partial charge in [0.1, 0.15) is 22.9 Å². The van der Waals surface area contributed by atoms with Gasteiger partial charge in [-0.2, -0.15) is 0 Å². The predicted octanol–water partition coefficient (Wildman–Crippen LogP) is 1.14. The molecule has 0 aliphatic heterocycles. The second kappa shape index (κ2) is 4.97. The van der Waals surface area contributed by atoms with Crippen LogP contribution >= 0.6 is 0 Å². The first-order valence-corrected chi connectivity index (χ1v) is 5.94. The number of nitrogens with one attached hydrogen (secondary N) is 1. The summed E-state index contributed by atoms with van der Waals surface area (Å²) in [5.74, 6) is 1.29. The molecule has 1 aliphatic carbocycles.